The Morgan fingerprint density at radius 3 is 2.33 bits per heavy atom. The quantitative estimate of drug-likeness (QED) is 0.428. The Morgan fingerprint density at radius 2 is 1.63 bits per heavy atom. The number of esters is 1. The summed E-state index contributed by atoms with van der Waals surface area (Å²) in [5.41, 5.74) is 1.06. The predicted molar refractivity (Wildman–Crippen MR) is 97.8 cm³/mol. The molecule has 27 heavy (non-hydrogen) atoms. The molecule has 1 aliphatic heterocycles. The number of ether oxygens (including phenoxy) is 1. The number of imide groups is 1. The third-order valence-electron chi connectivity index (χ3n) is 4.37. The van der Waals surface area contributed by atoms with Gasteiger partial charge in [0.2, 0.25) is 0 Å². The Kier molecular flexibility index (Phi) is 5.45. The van der Waals surface area contributed by atoms with E-state index in [1.807, 2.05) is 6.92 Å². The summed E-state index contributed by atoms with van der Waals surface area (Å²) in [6, 6.07) is 12.8. The van der Waals surface area contributed by atoms with Crippen LogP contribution in [0.4, 0.5) is 0 Å². The molecule has 2 amide bonds. The van der Waals surface area contributed by atoms with Crippen LogP contribution in [0.2, 0.25) is 0 Å². The van der Waals surface area contributed by atoms with Gasteiger partial charge in [-0.2, -0.15) is 0 Å². The number of fused-ring (bicyclic) bond motifs is 1. The highest BCUT2D eigenvalue weighted by molar-refractivity contribution is 6.22. The van der Waals surface area contributed by atoms with Gasteiger partial charge in [-0.05, 0) is 24.6 Å². The Morgan fingerprint density at radius 1 is 0.926 bits per heavy atom. The van der Waals surface area contributed by atoms with E-state index >= 15 is 0 Å². The number of nitrogens with zero attached hydrogens (tertiary/aromatic N) is 1. The predicted octanol–water partition coefficient (Wildman–Crippen LogP) is 3.12. The number of hydrogen-bond acceptors (Lipinski definition) is 5. The van der Waals surface area contributed by atoms with Gasteiger partial charge in [0, 0.05) is 12.1 Å². The molecule has 3 rings (SSSR count). The van der Waals surface area contributed by atoms with Crippen LogP contribution in [0, 0.1) is 0 Å². The van der Waals surface area contributed by atoms with Crippen molar-refractivity contribution >= 4 is 23.6 Å². The Labute approximate surface area is 156 Å². The van der Waals surface area contributed by atoms with Gasteiger partial charge in [0.25, 0.3) is 11.8 Å². The maximum absolute atomic E-state index is 12.4. The number of rotatable bonds is 7. The van der Waals surface area contributed by atoms with E-state index in [4.69, 9.17) is 4.74 Å². The van der Waals surface area contributed by atoms with Gasteiger partial charge in [0.15, 0.2) is 12.4 Å². The SMILES string of the molecule is CCCCN1C(=O)c2ccc(C(=O)OCC(=O)c3ccccc3)cc2C1=O. The topological polar surface area (TPSA) is 80.8 Å². The van der Waals surface area contributed by atoms with Crippen molar-refractivity contribution in [1.82, 2.24) is 4.90 Å². The van der Waals surface area contributed by atoms with Gasteiger partial charge in [-0.15, -0.1) is 0 Å². The third kappa shape index (κ3) is 3.79. The zero-order chi connectivity index (χ0) is 19.4. The molecule has 0 saturated heterocycles. The summed E-state index contributed by atoms with van der Waals surface area (Å²) in [6.45, 7) is 1.94. The van der Waals surface area contributed by atoms with E-state index in [-0.39, 0.29) is 28.4 Å². The largest absolute Gasteiger partial charge is 0.454 e. The number of carbonyl (C=O) groups excluding carboxylic acids is 4. The molecular weight excluding hydrogens is 346 g/mol. The summed E-state index contributed by atoms with van der Waals surface area (Å²) < 4.78 is 5.06. The average Bonchev–Trinajstić information content (AvgIpc) is 2.94. The molecule has 0 fully saturated rings. The molecule has 1 heterocycles. The number of unbranched alkanes of at least 4 members (excludes halogenated alkanes) is 1. The molecule has 6 nitrogen and oxygen atoms in total. The van der Waals surface area contributed by atoms with Crippen molar-refractivity contribution < 1.29 is 23.9 Å². The van der Waals surface area contributed by atoms with Crippen LogP contribution < -0.4 is 0 Å². The molecule has 138 valence electrons. The first-order chi connectivity index (χ1) is 13.0. The number of benzene rings is 2. The number of carbonyl (C=O) groups is 4. The first-order valence-corrected chi connectivity index (χ1v) is 8.78. The number of ketones is 1. The number of amides is 2. The molecule has 0 radical (unpaired) electrons. The first kappa shape index (κ1) is 18.5. The molecule has 0 N–H and O–H groups in total. The van der Waals surface area contributed by atoms with E-state index in [2.05, 4.69) is 0 Å². The first-order valence-electron chi connectivity index (χ1n) is 8.78. The van der Waals surface area contributed by atoms with Gasteiger partial charge in [-0.25, -0.2) is 4.79 Å². The summed E-state index contributed by atoms with van der Waals surface area (Å²) in [7, 11) is 0. The van der Waals surface area contributed by atoms with Crippen LogP contribution in [0.15, 0.2) is 48.5 Å². The van der Waals surface area contributed by atoms with Crippen LogP contribution in [0.5, 0.6) is 0 Å². The monoisotopic (exact) mass is 365 g/mol. The van der Waals surface area contributed by atoms with E-state index in [0.717, 1.165) is 12.8 Å². The maximum atomic E-state index is 12.4. The van der Waals surface area contributed by atoms with E-state index in [0.29, 0.717) is 12.1 Å². The lowest BCUT2D eigenvalue weighted by molar-refractivity contribution is 0.0474. The third-order valence-corrected chi connectivity index (χ3v) is 4.37. The second-order valence-electron chi connectivity index (χ2n) is 6.24. The van der Waals surface area contributed by atoms with Crippen molar-refractivity contribution in [1.29, 1.82) is 0 Å². The van der Waals surface area contributed by atoms with E-state index in [1.165, 1.54) is 23.1 Å². The summed E-state index contributed by atoms with van der Waals surface area (Å²) in [6.07, 6.45) is 1.59. The molecule has 0 saturated carbocycles. The van der Waals surface area contributed by atoms with Crippen LogP contribution >= 0.6 is 0 Å². The van der Waals surface area contributed by atoms with Crippen molar-refractivity contribution in [3.63, 3.8) is 0 Å². The standard InChI is InChI=1S/C21H19NO5/c1-2-3-11-22-19(24)16-10-9-15(12-17(16)20(22)25)21(26)27-13-18(23)14-7-5-4-6-8-14/h4-10,12H,2-3,11,13H2,1H3. The Bertz CT molecular complexity index is 904. The van der Waals surface area contributed by atoms with Crippen molar-refractivity contribution in [3.8, 4) is 0 Å². The highest BCUT2D eigenvalue weighted by Crippen LogP contribution is 2.24. The molecule has 2 aromatic rings. The molecular formula is C21H19NO5. The van der Waals surface area contributed by atoms with Gasteiger partial charge in [0.1, 0.15) is 0 Å². The van der Waals surface area contributed by atoms with Gasteiger partial charge in [-0.1, -0.05) is 43.7 Å². The van der Waals surface area contributed by atoms with Crippen LogP contribution in [0.25, 0.3) is 0 Å². The van der Waals surface area contributed by atoms with Gasteiger partial charge in [0.05, 0.1) is 16.7 Å². The molecule has 0 aromatic heterocycles. The second kappa shape index (κ2) is 7.95. The van der Waals surface area contributed by atoms with Crippen molar-refractivity contribution in [2.24, 2.45) is 0 Å². The van der Waals surface area contributed by atoms with Crippen LogP contribution in [0.3, 0.4) is 0 Å². The minimum absolute atomic E-state index is 0.133. The lowest BCUT2D eigenvalue weighted by Crippen LogP contribution is -2.30. The van der Waals surface area contributed by atoms with Gasteiger partial charge >= 0.3 is 5.97 Å². The van der Waals surface area contributed by atoms with E-state index in [1.54, 1.807) is 30.3 Å². The second-order valence-corrected chi connectivity index (χ2v) is 6.24. The normalized spacial score (nSPS) is 12.9. The minimum atomic E-state index is -0.714. The van der Waals surface area contributed by atoms with E-state index < -0.39 is 18.5 Å². The fourth-order valence-corrected chi connectivity index (χ4v) is 2.86. The molecule has 2 aromatic carbocycles. The molecule has 0 spiro atoms. The fraction of sp³-hybridized carbons (Fsp3) is 0.238. The van der Waals surface area contributed by atoms with Gasteiger partial charge < -0.3 is 4.74 Å². The van der Waals surface area contributed by atoms with Crippen LogP contribution in [-0.4, -0.2) is 41.6 Å². The molecule has 0 aliphatic carbocycles. The molecule has 6 heteroatoms. The molecule has 0 bridgehead atoms. The van der Waals surface area contributed by atoms with Crippen molar-refractivity contribution in [2.75, 3.05) is 13.2 Å². The molecule has 0 unspecified atom stereocenters. The fourth-order valence-electron chi connectivity index (χ4n) is 2.86. The summed E-state index contributed by atoms with van der Waals surface area (Å²) in [4.78, 5) is 50.2. The highest BCUT2D eigenvalue weighted by atomic mass is 16.5. The number of hydrogen-bond donors (Lipinski definition) is 0. The highest BCUT2D eigenvalue weighted by Gasteiger charge is 2.35. The summed E-state index contributed by atoms with van der Waals surface area (Å²) in [5, 5.41) is 0. The molecule has 0 atom stereocenters. The van der Waals surface area contributed by atoms with E-state index in [9.17, 15) is 19.2 Å². The summed E-state index contributed by atoms with van der Waals surface area (Å²) in [5.74, 6) is -1.78. The average molecular weight is 365 g/mol. The van der Waals surface area contributed by atoms with Crippen LogP contribution in [0.1, 0.15) is 61.2 Å². The lowest BCUT2D eigenvalue weighted by atomic mass is 10.1. The van der Waals surface area contributed by atoms with Crippen molar-refractivity contribution in [3.05, 3.63) is 70.8 Å². The smallest absolute Gasteiger partial charge is 0.338 e. The lowest BCUT2D eigenvalue weighted by Gasteiger charge is -2.12. The Balaban J connectivity index is 1.70. The molecule has 1 aliphatic rings. The van der Waals surface area contributed by atoms with Crippen LogP contribution in [-0.2, 0) is 4.74 Å². The summed E-state index contributed by atoms with van der Waals surface area (Å²) >= 11 is 0. The zero-order valence-corrected chi connectivity index (χ0v) is 14.9. The minimum Gasteiger partial charge on any atom is -0.454 e. The maximum Gasteiger partial charge on any atom is 0.338 e. The van der Waals surface area contributed by atoms with Gasteiger partial charge in [-0.3, -0.25) is 19.3 Å². The number of Topliss-reactive ketones (excluding diaryl/α,β-unsaturated/α-hetero) is 1. The van der Waals surface area contributed by atoms with Crippen molar-refractivity contribution in [2.45, 2.75) is 19.8 Å². The Hall–Kier alpha value is -3.28. The zero-order valence-electron chi connectivity index (χ0n) is 14.9.